The fraction of sp³-hybridized carbons (Fsp3) is 0.533. The zero-order valence-electron chi connectivity index (χ0n) is 10.6. The predicted octanol–water partition coefficient (Wildman–Crippen LogP) is 3.14. The fourth-order valence-corrected chi connectivity index (χ4v) is 2.68. The number of hydrogen-bond acceptors (Lipinski definition) is 1. The molecule has 1 aromatic carbocycles. The molecule has 18 heavy (non-hydrogen) atoms. The van der Waals surface area contributed by atoms with Gasteiger partial charge in [-0.05, 0) is 37.2 Å². The van der Waals surface area contributed by atoms with Crippen LogP contribution in [0, 0.1) is 5.92 Å². The number of hydrogen-bond donors (Lipinski definition) is 1. The lowest BCUT2D eigenvalue weighted by Crippen LogP contribution is -2.32. The highest BCUT2D eigenvalue weighted by atomic mass is 35.5. The second kappa shape index (κ2) is 6.79. The summed E-state index contributed by atoms with van der Waals surface area (Å²) >= 11 is 6.06. The van der Waals surface area contributed by atoms with E-state index in [1.54, 1.807) is 0 Å². The van der Waals surface area contributed by atoms with Crippen LogP contribution in [-0.2, 0) is 11.2 Å². The van der Waals surface area contributed by atoms with E-state index in [2.05, 4.69) is 5.32 Å². The second-order valence-corrected chi connectivity index (χ2v) is 5.70. The Balaban J connectivity index is 1.69. The topological polar surface area (TPSA) is 29.1 Å². The lowest BCUT2D eigenvalue weighted by molar-refractivity contribution is -0.120. The van der Waals surface area contributed by atoms with Crippen LogP contribution in [0.1, 0.15) is 31.2 Å². The summed E-state index contributed by atoms with van der Waals surface area (Å²) in [6.07, 6.45) is 4.92. The van der Waals surface area contributed by atoms with E-state index in [0.717, 1.165) is 37.8 Å². The normalized spacial score (nSPS) is 23.6. The molecular weight excluding hydrogens is 246 g/mol. The van der Waals surface area contributed by atoms with E-state index < -0.39 is 0 Å². The molecule has 0 radical (unpaired) electrons. The summed E-state index contributed by atoms with van der Waals surface area (Å²) in [4.78, 5) is 11.8. The van der Waals surface area contributed by atoms with Crippen molar-refractivity contribution in [3.63, 3.8) is 0 Å². The van der Waals surface area contributed by atoms with Crippen LogP contribution in [-0.4, -0.2) is 17.8 Å². The van der Waals surface area contributed by atoms with Crippen LogP contribution in [0.3, 0.4) is 0 Å². The first-order chi connectivity index (χ1) is 8.74. The molecule has 1 aliphatic carbocycles. The lowest BCUT2D eigenvalue weighted by Gasteiger charge is -2.25. The summed E-state index contributed by atoms with van der Waals surface area (Å²) in [6.45, 7) is 0.801. The van der Waals surface area contributed by atoms with E-state index in [9.17, 15) is 4.79 Å². The molecule has 2 nitrogen and oxygen atoms in total. The average Bonchev–Trinajstić information content (AvgIpc) is 2.39. The first-order valence-corrected chi connectivity index (χ1v) is 7.12. The van der Waals surface area contributed by atoms with E-state index >= 15 is 0 Å². The summed E-state index contributed by atoms with van der Waals surface area (Å²) in [7, 11) is 0. The smallest absolute Gasteiger partial charge is 0.224 e. The van der Waals surface area contributed by atoms with Crippen molar-refractivity contribution in [3.05, 3.63) is 35.9 Å². The first-order valence-electron chi connectivity index (χ1n) is 6.68. The Morgan fingerprint density at radius 3 is 2.50 bits per heavy atom. The monoisotopic (exact) mass is 265 g/mol. The van der Waals surface area contributed by atoms with Crippen molar-refractivity contribution in [2.75, 3.05) is 6.54 Å². The third kappa shape index (κ3) is 4.34. The van der Waals surface area contributed by atoms with Crippen molar-refractivity contribution < 1.29 is 4.79 Å². The van der Waals surface area contributed by atoms with Crippen LogP contribution < -0.4 is 5.32 Å². The second-order valence-electron chi connectivity index (χ2n) is 5.08. The van der Waals surface area contributed by atoms with Gasteiger partial charge in [-0.2, -0.15) is 0 Å². The third-order valence-electron chi connectivity index (χ3n) is 3.57. The van der Waals surface area contributed by atoms with Gasteiger partial charge in [-0.25, -0.2) is 0 Å². The molecule has 1 aromatic rings. The summed E-state index contributed by atoms with van der Waals surface area (Å²) in [6, 6.07) is 9.86. The molecule has 0 bridgehead atoms. The van der Waals surface area contributed by atoms with Crippen LogP contribution in [0.4, 0.5) is 0 Å². The number of alkyl halides is 1. The van der Waals surface area contributed by atoms with Crippen molar-refractivity contribution in [2.24, 2.45) is 5.92 Å². The maximum atomic E-state index is 11.8. The molecule has 98 valence electrons. The van der Waals surface area contributed by atoms with Crippen LogP contribution in [0.5, 0.6) is 0 Å². The number of rotatable bonds is 4. The third-order valence-corrected chi connectivity index (χ3v) is 4.01. The molecule has 1 amide bonds. The largest absolute Gasteiger partial charge is 0.356 e. The Hall–Kier alpha value is -1.02. The minimum absolute atomic E-state index is 0.120. The summed E-state index contributed by atoms with van der Waals surface area (Å²) in [5, 5.41) is 3.38. The quantitative estimate of drug-likeness (QED) is 0.833. The van der Waals surface area contributed by atoms with Gasteiger partial charge in [0.25, 0.3) is 0 Å². The molecule has 0 unspecified atom stereocenters. The Labute approximate surface area is 114 Å². The molecule has 3 heteroatoms. The van der Waals surface area contributed by atoms with Gasteiger partial charge in [-0.3, -0.25) is 4.79 Å². The Bertz CT molecular complexity index is 371. The maximum Gasteiger partial charge on any atom is 0.224 e. The molecule has 1 aliphatic rings. The summed E-state index contributed by atoms with van der Waals surface area (Å²) < 4.78 is 0. The molecule has 0 aliphatic heterocycles. The van der Waals surface area contributed by atoms with Gasteiger partial charge in [-0.1, -0.05) is 30.3 Å². The standard InChI is InChI=1S/C15H20ClNO/c16-14-8-6-13(7-9-14)11-17-15(18)10-12-4-2-1-3-5-12/h1-5,13-14H,6-11H2,(H,17,18). The SMILES string of the molecule is O=C(Cc1ccccc1)NCC1CCC(Cl)CC1. The van der Waals surface area contributed by atoms with Crippen LogP contribution in [0.2, 0.25) is 0 Å². The number of carbonyl (C=O) groups excluding carboxylic acids is 1. The Morgan fingerprint density at radius 2 is 1.83 bits per heavy atom. The zero-order valence-corrected chi connectivity index (χ0v) is 11.3. The highest BCUT2D eigenvalue weighted by Gasteiger charge is 2.19. The number of carbonyl (C=O) groups is 1. The summed E-state index contributed by atoms with van der Waals surface area (Å²) in [5.41, 5.74) is 1.07. The van der Waals surface area contributed by atoms with Crippen molar-refractivity contribution in [3.8, 4) is 0 Å². The van der Waals surface area contributed by atoms with Gasteiger partial charge in [0.2, 0.25) is 5.91 Å². The molecule has 1 N–H and O–H groups in total. The van der Waals surface area contributed by atoms with Gasteiger partial charge in [0.1, 0.15) is 0 Å². The molecular formula is C15H20ClNO. The Kier molecular flexibility index (Phi) is 5.06. The number of halogens is 1. The van der Waals surface area contributed by atoms with Crippen molar-refractivity contribution in [1.82, 2.24) is 5.32 Å². The number of amides is 1. The highest BCUT2D eigenvalue weighted by molar-refractivity contribution is 6.20. The van der Waals surface area contributed by atoms with Crippen molar-refractivity contribution in [2.45, 2.75) is 37.5 Å². The van der Waals surface area contributed by atoms with E-state index in [-0.39, 0.29) is 5.91 Å². The molecule has 0 aromatic heterocycles. The van der Waals surface area contributed by atoms with E-state index in [1.165, 1.54) is 0 Å². The molecule has 0 saturated heterocycles. The van der Waals surface area contributed by atoms with E-state index in [4.69, 9.17) is 11.6 Å². The molecule has 0 spiro atoms. The fourth-order valence-electron chi connectivity index (χ4n) is 2.43. The van der Waals surface area contributed by atoms with Gasteiger partial charge in [0.05, 0.1) is 6.42 Å². The van der Waals surface area contributed by atoms with Gasteiger partial charge >= 0.3 is 0 Å². The van der Waals surface area contributed by atoms with Gasteiger partial charge in [-0.15, -0.1) is 11.6 Å². The van der Waals surface area contributed by atoms with Crippen LogP contribution in [0.15, 0.2) is 30.3 Å². The van der Waals surface area contributed by atoms with Crippen LogP contribution >= 0.6 is 11.6 Å². The van der Waals surface area contributed by atoms with E-state index in [0.29, 0.717) is 17.7 Å². The molecule has 2 rings (SSSR count). The Morgan fingerprint density at radius 1 is 1.17 bits per heavy atom. The maximum absolute atomic E-state index is 11.8. The van der Waals surface area contributed by atoms with Gasteiger partial charge < -0.3 is 5.32 Å². The average molecular weight is 266 g/mol. The molecule has 0 atom stereocenters. The van der Waals surface area contributed by atoms with Gasteiger partial charge in [0.15, 0.2) is 0 Å². The van der Waals surface area contributed by atoms with Gasteiger partial charge in [0, 0.05) is 11.9 Å². The van der Waals surface area contributed by atoms with Crippen molar-refractivity contribution in [1.29, 1.82) is 0 Å². The molecule has 1 saturated carbocycles. The minimum atomic E-state index is 0.120. The predicted molar refractivity (Wildman–Crippen MR) is 74.8 cm³/mol. The first kappa shape index (κ1) is 13.4. The number of nitrogens with one attached hydrogen (secondary N) is 1. The molecule has 0 heterocycles. The molecule has 1 fully saturated rings. The summed E-state index contributed by atoms with van der Waals surface area (Å²) in [5.74, 6) is 0.730. The zero-order chi connectivity index (χ0) is 12.8. The van der Waals surface area contributed by atoms with Crippen molar-refractivity contribution >= 4 is 17.5 Å². The minimum Gasteiger partial charge on any atom is -0.356 e. The highest BCUT2D eigenvalue weighted by Crippen LogP contribution is 2.26. The number of benzene rings is 1. The lowest BCUT2D eigenvalue weighted by atomic mass is 9.89. The van der Waals surface area contributed by atoms with Crippen LogP contribution in [0.25, 0.3) is 0 Å². The van der Waals surface area contributed by atoms with E-state index in [1.807, 2.05) is 30.3 Å².